The summed E-state index contributed by atoms with van der Waals surface area (Å²) in [5, 5.41) is 0. The molecule has 1 aromatic rings. The van der Waals surface area contributed by atoms with Crippen LogP contribution in [0.15, 0.2) is 23.1 Å². The van der Waals surface area contributed by atoms with Gasteiger partial charge in [0.15, 0.2) is 0 Å². The summed E-state index contributed by atoms with van der Waals surface area (Å²) >= 11 is 0. The molecule has 0 N–H and O–H groups in total. The van der Waals surface area contributed by atoms with Crippen LogP contribution in [0, 0.1) is 5.92 Å². The maximum absolute atomic E-state index is 13.3. The van der Waals surface area contributed by atoms with Crippen molar-refractivity contribution >= 4 is 33.6 Å². The van der Waals surface area contributed by atoms with Gasteiger partial charge in [-0.3, -0.25) is 9.59 Å². The SMILES string of the molecule is CCOC(=O)N1CCN(C(=O)C2CCN(S(=O)(=O)c3ccc4c(c3)C[C@@H](C)N4C(C)=O)CC2)CC1. The third kappa shape index (κ3) is 5.02. The van der Waals surface area contributed by atoms with Crippen LogP contribution < -0.4 is 4.90 Å². The molecular weight excluding hydrogens is 472 g/mol. The number of benzene rings is 1. The molecule has 10 nitrogen and oxygen atoms in total. The molecule has 1 aromatic carbocycles. The zero-order valence-corrected chi connectivity index (χ0v) is 21.4. The Kier molecular flexibility index (Phi) is 7.37. The Morgan fingerprint density at radius 3 is 2.23 bits per heavy atom. The molecule has 2 fully saturated rings. The third-order valence-corrected chi connectivity index (χ3v) is 9.06. The molecule has 192 valence electrons. The summed E-state index contributed by atoms with van der Waals surface area (Å²) in [5.41, 5.74) is 1.64. The third-order valence-electron chi connectivity index (χ3n) is 7.16. The van der Waals surface area contributed by atoms with Gasteiger partial charge in [0.05, 0.1) is 11.5 Å². The molecule has 3 amide bonds. The minimum Gasteiger partial charge on any atom is -0.450 e. The Bertz CT molecular complexity index is 1090. The number of hydrogen-bond donors (Lipinski definition) is 0. The fourth-order valence-corrected chi connectivity index (χ4v) is 6.84. The lowest BCUT2D eigenvalue weighted by Crippen LogP contribution is -2.53. The van der Waals surface area contributed by atoms with Crippen molar-refractivity contribution in [2.24, 2.45) is 5.92 Å². The zero-order valence-electron chi connectivity index (χ0n) is 20.6. The Hall–Kier alpha value is -2.66. The monoisotopic (exact) mass is 506 g/mol. The molecule has 0 aromatic heterocycles. The summed E-state index contributed by atoms with van der Waals surface area (Å²) in [6.07, 6.45) is 1.21. The van der Waals surface area contributed by atoms with Crippen LogP contribution in [0.4, 0.5) is 10.5 Å². The summed E-state index contributed by atoms with van der Waals surface area (Å²) in [6.45, 7) is 7.92. The number of piperidine rings is 1. The lowest BCUT2D eigenvalue weighted by Gasteiger charge is -2.38. The van der Waals surface area contributed by atoms with Gasteiger partial charge < -0.3 is 19.4 Å². The van der Waals surface area contributed by atoms with Crippen LogP contribution in [0.1, 0.15) is 39.2 Å². The Labute approximate surface area is 206 Å². The second-order valence-electron chi connectivity index (χ2n) is 9.42. The minimum atomic E-state index is -3.69. The van der Waals surface area contributed by atoms with Crippen molar-refractivity contribution in [2.45, 2.75) is 51.0 Å². The number of nitrogens with zero attached hydrogens (tertiary/aromatic N) is 4. The summed E-state index contributed by atoms with van der Waals surface area (Å²) in [7, 11) is -3.69. The predicted octanol–water partition coefficient (Wildman–Crippen LogP) is 1.69. The van der Waals surface area contributed by atoms with E-state index in [1.165, 1.54) is 11.2 Å². The molecule has 0 saturated carbocycles. The lowest BCUT2D eigenvalue weighted by molar-refractivity contribution is -0.138. The topological polar surface area (TPSA) is 108 Å². The predicted molar refractivity (Wildman–Crippen MR) is 129 cm³/mol. The van der Waals surface area contributed by atoms with E-state index in [0.29, 0.717) is 52.0 Å². The Morgan fingerprint density at radius 1 is 1.00 bits per heavy atom. The van der Waals surface area contributed by atoms with Crippen molar-refractivity contribution in [1.82, 2.24) is 14.1 Å². The molecule has 3 aliphatic heterocycles. The first-order valence-electron chi connectivity index (χ1n) is 12.3. The van der Waals surface area contributed by atoms with Crippen molar-refractivity contribution in [1.29, 1.82) is 0 Å². The summed E-state index contributed by atoms with van der Waals surface area (Å²) in [5.74, 6) is -0.247. The van der Waals surface area contributed by atoms with Crippen LogP contribution in [-0.2, 0) is 30.8 Å². The number of fused-ring (bicyclic) bond motifs is 1. The number of carbonyl (C=O) groups excluding carboxylic acids is 3. The number of carbonyl (C=O) groups is 3. The molecule has 0 bridgehead atoms. The highest BCUT2D eigenvalue weighted by molar-refractivity contribution is 7.89. The van der Waals surface area contributed by atoms with Crippen molar-refractivity contribution in [3.05, 3.63) is 23.8 Å². The van der Waals surface area contributed by atoms with Crippen molar-refractivity contribution in [3.8, 4) is 0 Å². The number of amides is 3. The van der Waals surface area contributed by atoms with E-state index in [2.05, 4.69) is 0 Å². The number of ether oxygens (including phenoxy) is 1. The highest BCUT2D eigenvalue weighted by Crippen LogP contribution is 2.35. The van der Waals surface area contributed by atoms with E-state index in [4.69, 9.17) is 4.74 Å². The largest absolute Gasteiger partial charge is 0.450 e. The lowest BCUT2D eigenvalue weighted by atomic mass is 9.96. The first kappa shape index (κ1) is 25.4. The molecule has 35 heavy (non-hydrogen) atoms. The first-order valence-corrected chi connectivity index (χ1v) is 13.7. The van der Waals surface area contributed by atoms with Gasteiger partial charge in [0.2, 0.25) is 21.8 Å². The quantitative estimate of drug-likeness (QED) is 0.615. The fourth-order valence-electron chi connectivity index (χ4n) is 5.32. The van der Waals surface area contributed by atoms with Crippen LogP contribution in [0.2, 0.25) is 0 Å². The molecule has 0 spiro atoms. The van der Waals surface area contributed by atoms with Crippen LogP contribution >= 0.6 is 0 Å². The number of piperazine rings is 1. The fraction of sp³-hybridized carbons (Fsp3) is 0.625. The summed E-state index contributed by atoms with van der Waals surface area (Å²) in [4.78, 5) is 42.2. The number of rotatable bonds is 4. The molecule has 0 radical (unpaired) electrons. The molecule has 3 aliphatic rings. The van der Waals surface area contributed by atoms with Gasteiger partial charge in [0.1, 0.15) is 0 Å². The van der Waals surface area contributed by atoms with E-state index in [-0.39, 0.29) is 47.9 Å². The molecule has 3 heterocycles. The van der Waals surface area contributed by atoms with Gasteiger partial charge in [-0.2, -0.15) is 4.31 Å². The van der Waals surface area contributed by atoms with Crippen molar-refractivity contribution < 1.29 is 27.5 Å². The number of anilines is 1. The number of sulfonamides is 1. The van der Waals surface area contributed by atoms with Crippen molar-refractivity contribution in [3.63, 3.8) is 0 Å². The molecule has 0 aliphatic carbocycles. The standard InChI is InChI=1S/C24H34N4O6S/c1-4-34-24(31)26-13-11-25(12-14-26)23(30)19-7-9-27(10-8-19)35(32,33)21-5-6-22-20(16-21)15-17(2)28(22)18(3)29/h5-6,16-17,19H,4,7-15H2,1-3H3/t17-/m1/s1. The van der Waals surface area contributed by atoms with E-state index in [9.17, 15) is 22.8 Å². The van der Waals surface area contributed by atoms with Gasteiger partial charge in [0, 0.05) is 63.8 Å². The van der Waals surface area contributed by atoms with Gasteiger partial charge in [-0.05, 0) is 56.9 Å². The van der Waals surface area contributed by atoms with Gasteiger partial charge >= 0.3 is 6.09 Å². The maximum atomic E-state index is 13.3. The van der Waals surface area contributed by atoms with Gasteiger partial charge in [-0.25, -0.2) is 13.2 Å². The molecule has 1 atom stereocenters. The highest BCUT2D eigenvalue weighted by atomic mass is 32.2. The van der Waals surface area contributed by atoms with Crippen LogP contribution in [0.25, 0.3) is 0 Å². The van der Waals surface area contributed by atoms with E-state index in [0.717, 1.165) is 11.3 Å². The second-order valence-corrected chi connectivity index (χ2v) is 11.4. The van der Waals surface area contributed by atoms with E-state index in [1.807, 2.05) is 6.92 Å². The molecule has 4 rings (SSSR count). The van der Waals surface area contributed by atoms with Crippen molar-refractivity contribution in [2.75, 3.05) is 50.8 Å². The molecular formula is C24H34N4O6S. The van der Waals surface area contributed by atoms with Gasteiger partial charge in [-0.1, -0.05) is 0 Å². The summed E-state index contributed by atoms with van der Waals surface area (Å²) in [6, 6.07) is 4.98. The maximum Gasteiger partial charge on any atom is 0.409 e. The van der Waals surface area contributed by atoms with E-state index in [1.54, 1.807) is 39.8 Å². The number of hydrogen-bond acceptors (Lipinski definition) is 6. The smallest absolute Gasteiger partial charge is 0.409 e. The minimum absolute atomic E-state index is 0.00127. The molecule has 11 heteroatoms. The normalized spacial score (nSPS) is 21.7. The first-order chi connectivity index (χ1) is 16.6. The average molecular weight is 507 g/mol. The van der Waals surface area contributed by atoms with Gasteiger partial charge in [-0.15, -0.1) is 0 Å². The Morgan fingerprint density at radius 2 is 1.63 bits per heavy atom. The summed E-state index contributed by atoms with van der Waals surface area (Å²) < 4.78 is 33.1. The van der Waals surface area contributed by atoms with Gasteiger partial charge in [0.25, 0.3) is 0 Å². The molecule has 0 unspecified atom stereocenters. The molecule has 2 saturated heterocycles. The highest BCUT2D eigenvalue weighted by Gasteiger charge is 2.36. The second kappa shape index (κ2) is 10.1. The average Bonchev–Trinajstić information content (AvgIpc) is 3.19. The van der Waals surface area contributed by atoms with E-state index < -0.39 is 10.0 Å². The van der Waals surface area contributed by atoms with E-state index >= 15 is 0 Å². The Balaban J connectivity index is 1.35. The van der Waals surface area contributed by atoms with Crippen LogP contribution in [0.5, 0.6) is 0 Å². The van der Waals surface area contributed by atoms with Crippen LogP contribution in [0.3, 0.4) is 0 Å². The zero-order chi connectivity index (χ0) is 25.3. The van der Waals surface area contributed by atoms with Crippen LogP contribution in [-0.4, -0.2) is 92.3 Å².